The molecule has 0 aliphatic carbocycles. The topological polar surface area (TPSA) is 55.8 Å². The van der Waals surface area contributed by atoms with E-state index in [9.17, 15) is 4.79 Å². The summed E-state index contributed by atoms with van der Waals surface area (Å²) in [7, 11) is 3.16. The van der Waals surface area contributed by atoms with Crippen molar-refractivity contribution < 1.29 is 19.4 Å². The summed E-state index contributed by atoms with van der Waals surface area (Å²) in [5.41, 5.74) is 1.93. The Labute approximate surface area is 120 Å². The summed E-state index contributed by atoms with van der Waals surface area (Å²) in [6, 6.07) is 3.97. The summed E-state index contributed by atoms with van der Waals surface area (Å²) in [5.74, 6) is -0.0166. The largest absolute Gasteiger partial charge is 0.493 e. The maximum absolute atomic E-state index is 11.1. The lowest BCUT2D eigenvalue weighted by molar-refractivity contribution is -0.141. The van der Waals surface area contributed by atoms with Gasteiger partial charge in [0.25, 0.3) is 0 Å². The summed E-state index contributed by atoms with van der Waals surface area (Å²) in [6.45, 7) is 8.02. The Kier molecular flexibility index (Phi) is 5.03. The average Bonchev–Trinajstić information content (AvgIpc) is 2.36. The Morgan fingerprint density at radius 1 is 1.25 bits per heavy atom. The third-order valence-corrected chi connectivity index (χ3v) is 3.37. The summed E-state index contributed by atoms with van der Waals surface area (Å²) in [5, 5.41) is 9.09. The van der Waals surface area contributed by atoms with Crippen LogP contribution in [0.15, 0.2) is 12.1 Å². The van der Waals surface area contributed by atoms with Gasteiger partial charge in [0.15, 0.2) is 11.5 Å². The molecule has 20 heavy (non-hydrogen) atoms. The molecular weight excluding hydrogens is 256 g/mol. The molecule has 0 aliphatic rings. The van der Waals surface area contributed by atoms with E-state index in [0.29, 0.717) is 17.9 Å². The molecule has 1 aromatic rings. The van der Waals surface area contributed by atoms with Gasteiger partial charge >= 0.3 is 5.97 Å². The molecule has 0 spiro atoms. The predicted octanol–water partition coefficient (Wildman–Crippen LogP) is 3.26. The number of carboxylic acid groups (broad SMARTS) is 1. The minimum atomic E-state index is -0.813. The molecule has 0 aliphatic heterocycles. The first-order valence-electron chi connectivity index (χ1n) is 6.69. The fraction of sp³-hybridized carbons (Fsp3) is 0.562. The number of carbonyl (C=O) groups is 1. The minimum absolute atomic E-state index is 0.0409. The van der Waals surface area contributed by atoms with Gasteiger partial charge < -0.3 is 14.6 Å². The smallest absolute Gasteiger partial charge is 0.306 e. The molecule has 0 saturated carbocycles. The monoisotopic (exact) mass is 280 g/mol. The van der Waals surface area contributed by atoms with Gasteiger partial charge in [-0.2, -0.15) is 0 Å². The van der Waals surface area contributed by atoms with Crippen molar-refractivity contribution in [2.24, 2.45) is 5.92 Å². The van der Waals surface area contributed by atoms with Gasteiger partial charge in [-0.25, -0.2) is 0 Å². The minimum Gasteiger partial charge on any atom is -0.493 e. The first kappa shape index (κ1) is 16.3. The zero-order valence-corrected chi connectivity index (χ0v) is 13.1. The van der Waals surface area contributed by atoms with E-state index in [-0.39, 0.29) is 5.41 Å². The van der Waals surface area contributed by atoms with Crippen LogP contribution in [0.2, 0.25) is 0 Å². The van der Waals surface area contributed by atoms with Gasteiger partial charge in [0.2, 0.25) is 0 Å². The highest BCUT2D eigenvalue weighted by Gasteiger charge is 2.22. The molecule has 0 radical (unpaired) electrons. The molecule has 1 rings (SSSR count). The van der Waals surface area contributed by atoms with Gasteiger partial charge in [-0.15, -0.1) is 0 Å². The molecule has 1 aromatic carbocycles. The number of carboxylic acids is 1. The van der Waals surface area contributed by atoms with Crippen LogP contribution < -0.4 is 9.47 Å². The Hall–Kier alpha value is -1.71. The molecule has 1 unspecified atom stereocenters. The number of rotatable bonds is 5. The molecule has 0 bridgehead atoms. The highest BCUT2D eigenvalue weighted by Crippen LogP contribution is 2.37. The van der Waals surface area contributed by atoms with E-state index >= 15 is 0 Å². The normalized spacial score (nSPS) is 12.9. The zero-order chi connectivity index (χ0) is 15.5. The third-order valence-electron chi connectivity index (χ3n) is 3.37. The highest BCUT2D eigenvalue weighted by atomic mass is 16.5. The van der Waals surface area contributed by atoms with E-state index in [4.69, 9.17) is 14.6 Å². The van der Waals surface area contributed by atoms with Crippen LogP contribution in [0, 0.1) is 5.92 Å². The maximum atomic E-state index is 11.1. The van der Waals surface area contributed by atoms with Crippen molar-refractivity contribution in [2.45, 2.75) is 39.5 Å². The van der Waals surface area contributed by atoms with Crippen molar-refractivity contribution in [1.29, 1.82) is 0 Å². The van der Waals surface area contributed by atoms with E-state index in [2.05, 4.69) is 20.8 Å². The molecule has 0 fully saturated rings. The molecule has 1 atom stereocenters. The number of methoxy groups -OCH3 is 2. The lowest BCUT2D eigenvalue weighted by Crippen LogP contribution is -2.16. The van der Waals surface area contributed by atoms with E-state index in [1.165, 1.54) is 0 Å². The van der Waals surface area contributed by atoms with Crippen molar-refractivity contribution in [1.82, 2.24) is 0 Å². The van der Waals surface area contributed by atoms with Crippen molar-refractivity contribution in [2.75, 3.05) is 14.2 Å². The quantitative estimate of drug-likeness (QED) is 0.899. The van der Waals surface area contributed by atoms with Crippen LogP contribution in [0.25, 0.3) is 0 Å². The molecule has 4 heteroatoms. The molecule has 0 amide bonds. The van der Waals surface area contributed by atoms with E-state index < -0.39 is 11.9 Å². The first-order valence-corrected chi connectivity index (χ1v) is 6.69. The maximum Gasteiger partial charge on any atom is 0.306 e. The van der Waals surface area contributed by atoms with Gasteiger partial charge in [-0.05, 0) is 29.0 Å². The van der Waals surface area contributed by atoms with Gasteiger partial charge in [-0.3, -0.25) is 4.79 Å². The summed E-state index contributed by atoms with van der Waals surface area (Å²) in [6.07, 6.45) is 0.415. The average molecular weight is 280 g/mol. The number of aliphatic carboxylic acids is 1. The van der Waals surface area contributed by atoms with Crippen LogP contribution in [0.5, 0.6) is 11.5 Å². The molecule has 0 saturated heterocycles. The second-order valence-electron chi connectivity index (χ2n) is 6.06. The molecule has 112 valence electrons. The number of ether oxygens (including phenoxy) is 2. The Morgan fingerprint density at radius 2 is 1.85 bits per heavy atom. The zero-order valence-electron chi connectivity index (χ0n) is 13.1. The van der Waals surface area contributed by atoms with Crippen molar-refractivity contribution >= 4 is 5.97 Å². The summed E-state index contributed by atoms with van der Waals surface area (Å²) in [4.78, 5) is 11.1. The number of hydrogen-bond acceptors (Lipinski definition) is 3. The lowest BCUT2D eigenvalue weighted by atomic mass is 9.84. The van der Waals surface area contributed by atoms with E-state index in [1.54, 1.807) is 21.1 Å². The van der Waals surface area contributed by atoms with Gasteiger partial charge in [0.05, 0.1) is 20.1 Å². The third kappa shape index (κ3) is 3.65. The first-order chi connectivity index (χ1) is 9.20. The van der Waals surface area contributed by atoms with Gasteiger partial charge in [-0.1, -0.05) is 33.8 Å². The van der Waals surface area contributed by atoms with Crippen LogP contribution in [0.1, 0.15) is 38.8 Å². The second-order valence-corrected chi connectivity index (χ2v) is 6.06. The van der Waals surface area contributed by atoms with Crippen LogP contribution in [-0.2, 0) is 16.6 Å². The Morgan fingerprint density at radius 3 is 2.25 bits per heavy atom. The lowest BCUT2D eigenvalue weighted by Gasteiger charge is -2.23. The standard InChI is InChI=1S/C16H24O4/c1-10(15(17)18)7-11-8-12(16(2,3)4)9-13(19-5)14(11)20-6/h8-10H,7H2,1-6H3,(H,17,18). The molecule has 0 heterocycles. The summed E-state index contributed by atoms with van der Waals surface area (Å²) < 4.78 is 10.8. The van der Waals surface area contributed by atoms with Crippen molar-refractivity contribution in [3.05, 3.63) is 23.3 Å². The van der Waals surface area contributed by atoms with E-state index in [0.717, 1.165) is 11.1 Å². The van der Waals surface area contributed by atoms with Crippen LogP contribution in [-0.4, -0.2) is 25.3 Å². The van der Waals surface area contributed by atoms with Crippen molar-refractivity contribution in [3.8, 4) is 11.5 Å². The molecule has 4 nitrogen and oxygen atoms in total. The second kappa shape index (κ2) is 6.16. The van der Waals surface area contributed by atoms with Crippen molar-refractivity contribution in [3.63, 3.8) is 0 Å². The molecular formula is C16H24O4. The van der Waals surface area contributed by atoms with Gasteiger partial charge in [0.1, 0.15) is 0 Å². The fourth-order valence-corrected chi connectivity index (χ4v) is 2.05. The number of hydrogen-bond donors (Lipinski definition) is 1. The summed E-state index contributed by atoms with van der Waals surface area (Å²) >= 11 is 0. The molecule has 0 aromatic heterocycles. The highest BCUT2D eigenvalue weighted by molar-refractivity contribution is 5.70. The van der Waals surface area contributed by atoms with Crippen LogP contribution in [0.3, 0.4) is 0 Å². The molecule has 1 N–H and O–H groups in total. The van der Waals surface area contributed by atoms with E-state index in [1.807, 2.05) is 12.1 Å². The van der Waals surface area contributed by atoms with Crippen LogP contribution in [0.4, 0.5) is 0 Å². The predicted molar refractivity (Wildman–Crippen MR) is 78.7 cm³/mol. The SMILES string of the molecule is COc1cc(C(C)(C)C)cc(CC(C)C(=O)O)c1OC. The Balaban J connectivity index is 3.34. The van der Waals surface area contributed by atoms with Crippen LogP contribution >= 0.6 is 0 Å². The fourth-order valence-electron chi connectivity index (χ4n) is 2.05. The number of benzene rings is 1. The Bertz CT molecular complexity index is 486. The van der Waals surface area contributed by atoms with Gasteiger partial charge in [0, 0.05) is 0 Å².